The summed E-state index contributed by atoms with van der Waals surface area (Å²) < 4.78 is 5.89. The van der Waals surface area contributed by atoms with Gasteiger partial charge in [-0.3, -0.25) is 10.1 Å². The maximum Gasteiger partial charge on any atom is 0.325 e. The van der Waals surface area contributed by atoms with Crippen molar-refractivity contribution in [3.8, 4) is 11.5 Å². The van der Waals surface area contributed by atoms with Crippen molar-refractivity contribution in [1.82, 2.24) is 15.0 Å². The number of ether oxygens (including phenoxy) is 1. The molecule has 0 unspecified atom stereocenters. The Hall–Kier alpha value is -3.92. The number of aromatic nitrogens is 3. The normalized spacial score (nSPS) is 10.7. The van der Waals surface area contributed by atoms with Crippen molar-refractivity contribution in [2.75, 3.05) is 10.2 Å². The zero-order chi connectivity index (χ0) is 21.3. The first-order valence-corrected chi connectivity index (χ1v) is 9.84. The van der Waals surface area contributed by atoms with Crippen molar-refractivity contribution in [2.45, 2.75) is 13.8 Å². The number of nitrogens with zero attached hydrogens (tertiary/aromatic N) is 3. The molecule has 10 heteroatoms. The number of H-pyrrole nitrogens is 1. The number of hydrogen-bond acceptors (Lipinski definition) is 6. The first kappa shape index (κ1) is 19.4. The molecule has 0 atom stereocenters. The van der Waals surface area contributed by atoms with Crippen molar-refractivity contribution in [1.29, 1.82) is 0 Å². The summed E-state index contributed by atoms with van der Waals surface area (Å²) in [6.07, 6.45) is 0. The van der Waals surface area contributed by atoms with Gasteiger partial charge in [-0.1, -0.05) is 0 Å². The van der Waals surface area contributed by atoms with Crippen LogP contribution in [0.2, 0.25) is 0 Å². The third-order valence-corrected chi connectivity index (χ3v) is 5.04. The van der Waals surface area contributed by atoms with Crippen LogP contribution in [0.1, 0.15) is 12.6 Å². The fourth-order valence-corrected chi connectivity index (χ4v) is 3.68. The van der Waals surface area contributed by atoms with Crippen LogP contribution < -0.4 is 20.7 Å². The summed E-state index contributed by atoms with van der Waals surface area (Å²) in [5, 5.41) is 4.97. The highest BCUT2D eigenvalue weighted by molar-refractivity contribution is 7.14. The average Bonchev–Trinajstić information content (AvgIpc) is 3.27. The molecule has 0 aliphatic carbocycles. The molecule has 30 heavy (non-hydrogen) atoms. The van der Waals surface area contributed by atoms with E-state index in [1.165, 1.54) is 23.2 Å². The van der Waals surface area contributed by atoms with Gasteiger partial charge in [0.2, 0.25) is 11.9 Å². The van der Waals surface area contributed by atoms with Crippen LogP contribution in [0.25, 0.3) is 11.0 Å². The summed E-state index contributed by atoms with van der Waals surface area (Å²) in [7, 11) is 0. The fourth-order valence-electron chi connectivity index (χ4n) is 2.85. The Balaban J connectivity index is 1.54. The van der Waals surface area contributed by atoms with Gasteiger partial charge in [-0.15, -0.1) is 11.3 Å². The Morgan fingerprint density at radius 2 is 1.87 bits per heavy atom. The number of primary amides is 1. The lowest BCUT2D eigenvalue weighted by molar-refractivity contribution is -0.114. The first-order valence-electron chi connectivity index (χ1n) is 8.96. The van der Waals surface area contributed by atoms with Crippen LogP contribution in [0, 0.1) is 6.92 Å². The van der Waals surface area contributed by atoms with Crippen molar-refractivity contribution in [2.24, 2.45) is 5.73 Å². The Kier molecular flexibility index (Phi) is 5.07. The van der Waals surface area contributed by atoms with Gasteiger partial charge in [0.15, 0.2) is 5.13 Å². The minimum absolute atomic E-state index is 0.205. The number of nitrogens with one attached hydrogen (secondary N) is 2. The van der Waals surface area contributed by atoms with Gasteiger partial charge in [0.1, 0.15) is 11.5 Å². The first-order chi connectivity index (χ1) is 14.4. The molecule has 4 rings (SSSR count). The molecular formula is C20H18N6O3S. The van der Waals surface area contributed by atoms with Crippen molar-refractivity contribution < 1.29 is 14.3 Å². The number of urea groups is 1. The van der Waals surface area contributed by atoms with Crippen molar-refractivity contribution >= 4 is 51.1 Å². The molecule has 4 aromatic rings. The summed E-state index contributed by atoms with van der Waals surface area (Å²) in [4.78, 5) is 36.1. The number of amides is 3. The fraction of sp³-hybridized carbons (Fsp3) is 0.100. The lowest BCUT2D eigenvalue weighted by Gasteiger charge is -2.17. The number of thiazole rings is 1. The van der Waals surface area contributed by atoms with E-state index >= 15 is 0 Å². The molecule has 0 aliphatic heterocycles. The van der Waals surface area contributed by atoms with Gasteiger partial charge in [0, 0.05) is 18.4 Å². The summed E-state index contributed by atoms with van der Waals surface area (Å²) >= 11 is 1.34. The number of aryl methyl sites for hydroxylation is 1. The lowest BCUT2D eigenvalue weighted by atomic mass is 10.2. The number of rotatable bonds is 5. The molecule has 0 fully saturated rings. The van der Waals surface area contributed by atoms with Crippen LogP contribution in [0.3, 0.4) is 0 Å². The number of imidazole rings is 1. The van der Waals surface area contributed by atoms with E-state index in [1.807, 2.05) is 18.4 Å². The van der Waals surface area contributed by atoms with Gasteiger partial charge in [-0.25, -0.2) is 19.7 Å². The van der Waals surface area contributed by atoms with Crippen molar-refractivity contribution in [3.63, 3.8) is 0 Å². The summed E-state index contributed by atoms with van der Waals surface area (Å²) in [5.41, 5.74) is 8.38. The molecule has 0 bridgehead atoms. The summed E-state index contributed by atoms with van der Waals surface area (Å²) in [6, 6.07) is 11.7. The molecule has 0 saturated heterocycles. The van der Waals surface area contributed by atoms with E-state index in [9.17, 15) is 9.59 Å². The molecule has 2 aromatic heterocycles. The zero-order valence-electron chi connectivity index (χ0n) is 16.2. The second-order valence-corrected chi connectivity index (χ2v) is 7.32. The molecule has 0 spiro atoms. The lowest BCUT2D eigenvalue weighted by Crippen LogP contribution is -2.31. The number of aromatic amines is 1. The third-order valence-electron chi connectivity index (χ3n) is 4.10. The Bertz CT molecular complexity index is 1230. The van der Waals surface area contributed by atoms with E-state index < -0.39 is 6.03 Å². The second kappa shape index (κ2) is 7.84. The highest BCUT2D eigenvalue weighted by Crippen LogP contribution is 2.31. The number of anilines is 3. The predicted octanol–water partition coefficient (Wildman–Crippen LogP) is 4.30. The smallest absolute Gasteiger partial charge is 0.325 e. The monoisotopic (exact) mass is 422 g/mol. The molecule has 152 valence electrons. The van der Waals surface area contributed by atoms with E-state index in [4.69, 9.17) is 10.5 Å². The predicted molar refractivity (Wildman–Crippen MR) is 115 cm³/mol. The average molecular weight is 422 g/mol. The van der Waals surface area contributed by atoms with E-state index in [1.54, 1.807) is 36.4 Å². The number of carbonyl (C=O) groups is 2. The largest absolute Gasteiger partial charge is 0.457 e. The SMILES string of the molecule is CC(=O)Nc1nc2cc(Oc3ccc(N(C(N)=O)c4nc(C)cs4)cc3)ccc2[nH]1. The van der Waals surface area contributed by atoms with E-state index in [-0.39, 0.29) is 5.91 Å². The van der Waals surface area contributed by atoms with Gasteiger partial charge in [0.05, 0.1) is 22.4 Å². The molecule has 2 heterocycles. The van der Waals surface area contributed by atoms with Crippen LogP contribution >= 0.6 is 11.3 Å². The van der Waals surface area contributed by atoms with Gasteiger partial charge in [-0.2, -0.15) is 0 Å². The Labute approximate surface area is 175 Å². The van der Waals surface area contributed by atoms with Gasteiger partial charge in [-0.05, 0) is 43.3 Å². The van der Waals surface area contributed by atoms with Gasteiger partial charge >= 0.3 is 6.03 Å². The quantitative estimate of drug-likeness (QED) is 0.442. The Morgan fingerprint density at radius 1 is 1.13 bits per heavy atom. The zero-order valence-corrected chi connectivity index (χ0v) is 17.0. The summed E-state index contributed by atoms with van der Waals surface area (Å²) in [6.45, 7) is 3.27. The molecule has 0 saturated carbocycles. The highest BCUT2D eigenvalue weighted by Gasteiger charge is 2.18. The number of carbonyl (C=O) groups excluding carboxylic acids is 2. The maximum atomic E-state index is 11.9. The minimum atomic E-state index is -0.614. The van der Waals surface area contributed by atoms with Crippen LogP contribution in [-0.2, 0) is 4.79 Å². The number of fused-ring (bicyclic) bond motifs is 1. The Morgan fingerprint density at radius 3 is 2.50 bits per heavy atom. The van der Waals surface area contributed by atoms with Crippen LogP contribution in [0.4, 0.5) is 21.6 Å². The molecule has 3 amide bonds. The number of nitrogens with two attached hydrogens (primary N) is 1. The summed E-state index contributed by atoms with van der Waals surface area (Å²) in [5.74, 6) is 1.33. The van der Waals surface area contributed by atoms with E-state index in [0.29, 0.717) is 33.8 Å². The molecule has 2 aromatic carbocycles. The van der Waals surface area contributed by atoms with Crippen LogP contribution in [0.15, 0.2) is 47.8 Å². The van der Waals surface area contributed by atoms with Crippen molar-refractivity contribution in [3.05, 3.63) is 53.5 Å². The highest BCUT2D eigenvalue weighted by atomic mass is 32.1. The number of hydrogen-bond donors (Lipinski definition) is 3. The molecule has 4 N–H and O–H groups in total. The van der Waals surface area contributed by atoms with Crippen LogP contribution in [0.5, 0.6) is 11.5 Å². The van der Waals surface area contributed by atoms with Crippen LogP contribution in [-0.4, -0.2) is 26.9 Å². The van der Waals surface area contributed by atoms with E-state index in [0.717, 1.165) is 11.2 Å². The second-order valence-electron chi connectivity index (χ2n) is 6.49. The van der Waals surface area contributed by atoms with Gasteiger partial charge < -0.3 is 15.5 Å². The topological polar surface area (TPSA) is 126 Å². The molecule has 9 nitrogen and oxygen atoms in total. The standard InChI is InChI=1S/C20H18N6O3S/c1-11-10-30-20(22-11)26(18(21)28)13-3-5-14(6-4-13)29-15-7-8-16-17(9-15)25-19(24-16)23-12(2)27/h3-10H,1-2H3,(H2,21,28)(H2,23,24,25,27). The molecular weight excluding hydrogens is 404 g/mol. The third kappa shape index (κ3) is 4.08. The number of benzene rings is 2. The maximum absolute atomic E-state index is 11.9. The molecule has 0 radical (unpaired) electrons. The van der Waals surface area contributed by atoms with Gasteiger partial charge in [0.25, 0.3) is 0 Å². The van der Waals surface area contributed by atoms with E-state index in [2.05, 4.69) is 20.3 Å². The molecule has 0 aliphatic rings. The minimum Gasteiger partial charge on any atom is -0.457 e.